The number of hydrogen-bond donors (Lipinski definition) is 2. The van der Waals surface area contributed by atoms with E-state index in [1.165, 1.54) is 54.1 Å². The van der Waals surface area contributed by atoms with Gasteiger partial charge in [-0.3, -0.25) is 4.79 Å². The van der Waals surface area contributed by atoms with Crippen molar-refractivity contribution in [3.8, 4) is 28.4 Å². The maximum atomic E-state index is 13.8. The van der Waals surface area contributed by atoms with Crippen molar-refractivity contribution in [3.63, 3.8) is 0 Å². The van der Waals surface area contributed by atoms with Crippen molar-refractivity contribution in [2.45, 2.75) is 19.5 Å². The van der Waals surface area contributed by atoms with Crippen LogP contribution in [-0.4, -0.2) is 41.1 Å². The summed E-state index contributed by atoms with van der Waals surface area (Å²) in [6, 6.07) is 11.2. The Morgan fingerprint density at radius 3 is 2.36 bits per heavy atom. The maximum absolute atomic E-state index is 13.8. The molecule has 0 saturated heterocycles. The molecule has 4 rings (SSSR count). The standard InChI is InChI=1S/C26H18Cl2F5N3O5S/c1-13-22(25(38)34-19-8-7-18(29)21(30)24(19)37)35-36(20-9-4-15(27)12-17(20)28)23(13)14-2-5-16(6-3-14)41-42(39,40)11-10-26(31,32)33/h2-9,12,37H,10-11H2,1H3,(H,34,38). The second kappa shape index (κ2) is 11.8. The average molecular weight is 650 g/mol. The number of halogens is 7. The Hall–Kier alpha value is -3.88. The normalized spacial score (nSPS) is 11.9. The van der Waals surface area contributed by atoms with E-state index in [9.17, 15) is 40.3 Å². The fraction of sp³-hybridized carbons (Fsp3) is 0.154. The van der Waals surface area contributed by atoms with Gasteiger partial charge in [-0.2, -0.15) is 31.1 Å². The number of alkyl halides is 3. The van der Waals surface area contributed by atoms with Gasteiger partial charge in [-0.1, -0.05) is 23.2 Å². The van der Waals surface area contributed by atoms with Crippen molar-refractivity contribution in [3.05, 3.63) is 87.5 Å². The molecule has 0 aliphatic rings. The molecular weight excluding hydrogens is 632 g/mol. The zero-order valence-corrected chi connectivity index (χ0v) is 23.5. The Balaban J connectivity index is 1.74. The predicted molar refractivity (Wildman–Crippen MR) is 145 cm³/mol. The summed E-state index contributed by atoms with van der Waals surface area (Å²) in [5.41, 5.74) is 0.490. The van der Waals surface area contributed by atoms with Gasteiger partial charge in [-0.05, 0) is 61.5 Å². The molecule has 1 aromatic heterocycles. The van der Waals surface area contributed by atoms with E-state index < -0.39 is 57.4 Å². The number of carbonyl (C=O) groups is 1. The summed E-state index contributed by atoms with van der Waals surface area (Å²) in [5, 5.41) is 16.9. The number of carbonyl (C=O) groups excluding carboxylic acids is 1. The molecule has 0 fully saturated rings. The number of nitrogens with one attached hydrogen (secondary N) is 1. The molecule has 0 saturated carbocycles. The van der Waals surface area contributed by atoms with Gasteiger partial charge in [-0.15, -0.1) is 0 Å². The summed E-state index contributed by atoms with van der Waals surface area (Å²) in [6.07, 6.45) is -6.27. The molecule has 0 bridgehead atoms. The van der Waals surface area contributed by atoms with Gasteiger partial charge in [0.2, 0.25) is 5.82 Å². The molecule has 0 aliphatic heterocycles. The predicted octanol–water partition coefficient (Wildman–Crippen LogP) is 7.05. The molecule has 0 aliphatic carbocycles. The highest BCUT2D eigenvalue weighted by Gasteiger charge is 2.31. The zero-order valence-electron chi connectivity index (χ0n) is 21.1. The van der Waals surface area contributed by atoms with E-state index >= 15 is 0 Å². The van der Waals surface area contributed by atoms with Gasteiger partial charge in [0.1, 0.15) is 5.75 Å². The molecule has 222 valence electrons. The molecule has 0 spiro atoms. The lowest BCUT2D eigenvalue weighted by molar-refractivity contribution is -0.130. The number of aromatic nitrogens is 2. The number of phenolic OH excluding ortho intramolecular Hbond substituents is 1. The van der Waals surface area contributed by atoms with E-state index in [4.69, 9.17) is 27.4 Å². The number of hydrogen-bond acceptors (Lipinski definition) is 6. The van der Waals surface area contributed by atoms with Gasteiger partial charge in [0.25, 0.3) is 5.91 Å². The number of rotatable bonds is 8. The average Bonchev–Trinajstić information content (AvgIpc) is 3.24. The first-order valence-electron chi connectivity index (χ1n) is 11.7. The van der Waals surface area contributed by atoms with Crippen LogP contribution in [0.1, 0.15) is 22.5 Å². The van der Waals surface area contributed by atoms with Crippen molar-refractivity contribution in [2.24, 2.45) is 0 Å². The van der Waals surface area contributed by atoms with Crippen LogP contribution in [0.4, 0.5) is 27.6 Å². The maximum Gasteiger partial charge on any atom is 0.390 e. The van der Waals surface area contributed by atoms with Crippen molar-refractivity contribution >= 4 is 44.9 Å². The quantitative estimate of drug-likeness (QED) is 0.120. The Morgan fingerprint density at radius 1 is 1.07 bits per heavy atom. The molecule has 0 radical (unpaired) electrons. The summed E-state index contributed by atoms with van der Waals surface area (Å²) >= 11 is 12.4. The van der Waals surface area contributed by atoms with E-state index in [0.717, 1.165) is 6.07 Å². The molecule has 42 heavy (non-hydrogen) atoms. The van der Waals surface area contributed by atoms with Gasteiger partial charge >= 0.3 is 16.3 Å². The SMILES string of the molecule is Cc1c(C(=O)Nc2ccc(F)c(F)c2O)nn(-c2ccc(Cl)cc2Cl)c1-c1ccc(OS(=O)(=O)CCC(F)(F)F)cc1. The van der Waals surface area contributed by atoms with Crippen LogP contribution in [0, 0.1) is 18.6 Å². The molecule has 0 unspecified atom stereocenters. The Kier molecular flexibility index (Phi) is 8.71. The minimum Gasteiger partial charge on any atom is -0.503 e. The molecular formula is C26H18Cl2F5N3O5S. The minimum absolute atomic E-state index is 0.132. The highest BCUT2D eigenvalue weighted by atomic mass is 35.5. The van der Waals surface area contributed by atoms with Crippen LogP contribution < -0.4 is 9.50 Å². The van der Waals surface area contributed by atoms with Gasteiger partial charge in [0, 0.05) is 16.1 Å². The fourth-order valence-electron chi connectivity index (χ4n) is 3.80. The van der Waals surface area contributed by atoms with Crippen LogP contribution in [-0.2, 0) is 10.1 Å². The number of anilines is 1. The summed E-state index contributed by atoms with van der Waals surface area (Å²) in [5.74, 6) is -6.46. The summed E-state index contributed by atoms with van der Waals surface area (Å²) in [7, 11) is -4.55. The second-order valence-electron chi connectivity index (χ2n) is 8.78. The van der Waals surface area contributed by atoms with Crippen molar-refractivity contribution in [1.82, 2.24) is 9.78 Å². The van der Waals surface area contributed by atoms with Gasteiger partial charge in [0.15, 0.2) is 17.3 Å². The van der Waals surface area contributed by atoms with E-state index in [0.29, 0.717) is 16.7 Å². The van der Waals surface area contributed by atoms with Crippen LogP contribution in [0.2, 0.25) is 10.0 Å². The van der Waals surface area contributed by atoms with Crippen molar-refractivity contribution in [2.75, 3.05) is 11.1 Å². The Labute approximate surface area is 245 Å². The van der Waals surface area contributed by atoms with Crippen molar-refractivity contribution < 1.29 is 44.5 Å². The van der Waals surface area contributed by atoms with E-state index in [2.05, 4.69) is 10.4 Å². The number of amides is 1. The van der Waals surface area contributed by atoms with Crippen molar-refractivity contribution in [1.29, 1.82) is 0 Å². The molecule has 16 heteroatoms. The summed E-state index contributed by atoms with van der Waals surface area (Å²) in [6.45, 7) is 1.51. The monoisotopic (exact) mass is 649 g/mol. The first-order chi connectivity index (χ1) is 19.6. The molecule has 1 heterocycles. The smallest absolute Gasteiger partial charge is 0.390 e. The fourth-order valence-corrected chi connectivity index (χ4v) is 5.26. The summed E-state index contributed by atoms with van der Waals surface area (Å²) in [4.78, 5) is 13.2. The zero-order chi connectivity index (χ0) is 31.0. The lowest BCUT2D eigenvalue weighted by Gasteiger charge is -2.12. The molecule has 2 N–H and O–H groups in total. The second-order valence-corrected chi connectivity index (χ2v) is 11.3. The van der Waals surface area contributed by atoms with Crippen LogP contribution >= 0.6 is 23.2 Å². The van der Waals surface area contributed by atoms with Crippen LogP contribution in [0.5, 0.6) is 11.5 Å². The highest BCUT2D eigenvalue weighted by Crippen LogP contribution is 2.35. The lowest BCUT2D eigenvalue weighted by Crippen LogP contribution is -2.20. The topological polar surface area (TPSA) is 111 Å². The first kappa shape index (κ1) is 31.1. The number of nitrogens with zero attached hydrogens (tertiary/aromatic N) is 2. The van der Waals surface area contributed by atoms with Crippen LogP contribution in [0.25, 0.3) is 16.9 Å². The third-order valence-corrected chi connectivity index (χ3v) is 7.47. The minimum atomic E-state index is -4.69. The van der Waals surface area contributed by atoms with E-state index in [1.807, 2.05) is 0 Å². The molecule has 0 atom stereocenters. The Morgan fingerprint density at radius 2 is 1.74 bits per heavy atom. The molecule has 8 nitrogen and oxygen atoms in total. The lowest BCUT2D eigenvalue weighted by atomic mass is 10.1. The number of aromatic hydroxyl groups is 1. The van der Waals surface area contributed by atoms with Crippen LogP contribution in [0.15, 0.2) is 54.6 Å². The summed E-state index contributed by atoms with van der Waals surface area (Å²) < 4.78 is 94.6. The first-order valence-corrected chi connectivity index (χ1v) is 14.0. The van der Waals surface area contributed by atoms with E-state index in [-0.39, 0.29) is 33.4 Å². The highest BCUT2D eigenvalue weighted by molar-refractivity contribution is 7.87. The Bertz CT molecular complexity index is 1780. The third kappa shape index (κ3) is 6.94. The largest absolute Gasteiger partial charge is 0.503 e. The molecule has 1 amide bonds. The molecule has 3 aromatic carbocycles. The van der Waals surface area contributed by atoms with E-state index in [1.54, 1.807) is 0 Å². The van der Waals surface area contributed by atoms with Crippen LogP contribution in [0.3, 0.4) is 0 Å². The number of phenols is 1. The van der Waals surface area contributed by atoms with Gasteiger partial charge in [-0.25, -0.2) is 9.07 Å². The van der Waals surface area contributed by atoms with Gasteiger partial charge in [0.05, 0.1) is 34.3 Å². The van der Waals surface area contributed by atoms with Gasteiger partial charge < -0.3 is 14.6 Å². The molecule has 4 aromatic rings. The third-order valence-electron chi connectivity index (χ3n) is 5.78. The number of benzene rings is 3.